The summed E-state index contributed by atoms with van der Waals surface area (Å²) < 4.78 is 12.7. The van der Waals surface area contributed by atoms with Gasteiger partial charge in [-0.15, -0.1) is 0 Å². The minimum Gasteiger partial charge on any atom is -0.212 e. The van der Waals surface area contributed by atoms with Crippen molar-refractivity contribution in [2.45, 2.75) is 38.5 Å². The highest BCUT2D eigenvalue weighted by Crippen LogP contribution is 2.30. The van der Waals surface area contributed by atoms with Gasteiger partial charge in [0.05, 0.1) is 0 Å². The molecule has 0 aromatic rings. The molecule has 0 aromatic heterocycles. The molecule has 2 aliphatic rings. The monoisotopic (exact) mass is 178 g/mol. The Morgan fingerprint density at radius 3 is 2.46 bits per heavy atom. The fourth-order valence-corrected chi connectivity index (χ4v) is 2.01. The molecular formula is C12H15F. The maximum Gasteiger partial charge on any atom is 0.100 e. The van der Waals surface area contributed by atoms with E-state index in [4.69, 9.17) is 0 Å². The van der Waals surface area contributed by atoms with Gasteiger partial charge in [-0.3, -0.25) is 0 Å². The average Bonchev–Trinajstić information content (AvgIpc) is 2.20. The molecule has 1 heteroatoms. The molecule has 0 saturated carbocycles. The Kier molecular flexibility index (Phi) is 2.62. The van der Waals surface area contributed by atoms with Crippen molar-refractivity contribution in [3.8, 4) is 0 Å². The molecule has 2 aliphatic carbocycles. The molecule has 0 N–H and O–H groups in total. The van der Waals surface area contributed by atoms with Crippen LogP contribution in [0.25, 0.3) is 0 Å². The number of hydrogen-bond acceptors (Lipinski definition) is 0. The van der Waals surface area contributed by atoms with Crippen molar-refractivity contribution in [1.82, 2.24) is 0 Å². The third-order valence-electron chi connectivity index (χ3n) is 2.80. The summed E-state index contributed by atoms with van der Waals surface area (Å²) in [6, 6.07) is 0. The highest BCUT2D eigenvalue weighted by atomic mass is 19.1. The molecule has 0 heterocycles. The van der Waals surface area contributed by atoms with Gasteiger partial charge in [0.15, 0.2) is 0 Å². The van der Waals surface area contributed by atoms with Gasteiger partial charge in [-0.1, -0.05) is 12.2 Å². The second-order valence-electron chi connectivity index (χ2n) is 3.78. The van der Waals surface area contributed by atoms with Crippen LogP contribution in [0.4, 0.5) is 4.39 Å². The third kappa shape index (κ3) is 2.09. The molecule has 0 unspecified atom stereocenters. The Morgan fingerprint density at radius 2 is 1.85 bits per heavy atom. The van der Waals surface area contributed by atoms with Gasteiger partial charge in [-0.05, 0) is 49.3 Å². The molecule has 13 heavy (non-hydrogen) atoms. The van der Waals surface area contributed by atoms with Crippen LogP contribution in [0, 0.1) is 0 Å². The largest absolute Gasteiger partial charge is 0.212 e. The summed E-state index contributed by atoms with van der Waals surface area (Å²) in [4.78, 5) is 0. The normalized spacial score (nSPS) is 23.3. The quantitative estimate of drug-likeness (QED) is 0.568. The molecule has 0 fully saturated rings. The first kappa shape index (κ1) is 8.74. The van der Waals surface area contributed by atoms with Gasteiger partial charge >= 0.3 is 0 Å². The van der Waals surface area contributed by atoms with Gasteiger partial charge in [-0.25, -0.2) is 4.39 Å². The average molecular weight is 178 g/mol. The van der Waals surface area contributed by atoms with Gasteiger partial charge < -0.3 is 0 Å². The fourth-order valence-electron chi connectivity index (χ4n) is 2.01. The topological polar surface area (TPSA) is 0 Å². The van der Waals surface area contributed by atoms with Crippen molar-refractivity contribution in [3.63, 3.8) is 0 Å². The molecule has 0 amide bonds. The molecule has 0 radical (unpaired) electrons. The van der Waals surface area contributed by atoms with E-state index < -0.39 is 0 Å². The van der Waals surface area contributed by atoms with Crippen LogP contribution < -0.4 is 0 Å². The van der Waals surface area contributed by atoms with Gasteiger partial charge in [0.25, 0.3) is 0 Å². The van der Waals surface area contributed by atoms with Gasteiger partial charge in [0, 0.05) is 6.42 Å². The van der Waals surface area contributed by atoms with E-state index in [0.717, 1.165) is 6.42 Å². The predicted octanol–water partition coefficient (Wildman–Crippen LogP) is 4.06. The van der Waals surface area contributed by atoms with E-state index in [9.17, 15) is 4.39 Å². The summed E-state index contributed by atoms with van der Waals surface area (Å²) in [5, 5.41) is 0. The zero-order valence-electron chi connectivity index (χ0n) is 7.85. The zero-order chi connectivity index (χ0) is 9.10. The Balaban J connectivity index is 2.12. The van der Waals surface area contributed by atoms with Gasteiger partial charge in [0.2, 0.25) is 0 Å². The van der Waals surface area contributed by atoms with E-state index >= 15 is 0 Å². The SMILES string of the molecule is FC1=CC=C(C2=CCCCC2)CC1. The summed E-state index contributed by atoms with van der Waals surface area (Å²) in [5.74, 6) is 0.0279. The summed E-state index contributed by atoms with van der Waals surface area (Å²) in [6.07, 6.45) is 12.4. The highest BCUT2D eigenvalue weighted by Gasteiger charge is 2.11. The van der Waals surface area contributed by atoms with E-state index in [2.05, 4.69) is 6.08 Å². The number of allylic oxidation sites excluding steroid dienone is 6. The van der Waals surface area contributed by atoms with Crippen LogP contribution in [0.3, 0.4) is 0 Å². The van der Waals surface area contributed by atoms with E-state index in [-0.39, 0.29) is 5.83 Å². The van der Waals surface area contributed by atoms with Crippen LogP contribution in [0.15, 0.2) is 35.2 Å². The van der Waals surface area contributed by atoms with Crippen LogP contribution in [0.2, 0.25) is 0 Å². The van der Waals surface area contributed by atoms with E-state index in [0.29, 0.717) is 6.42 Å². The van der Waals surface area contributed by atoms with Crippen molar-refractivity contribution in [3.05, 3.63) is 35.2 Å². The van der Waals surface area contributed by atoms with Gasteiger partial charge in [-0.2, -0.15) is 0 Å². The zero-order valence-corrected chi connectivity index (χ0v) is 7.85. The van der Waals surface area contributed by atoms with Crippen LogP contribution >= 0.6 is 0 Å². The maximum absolute atomic E-state index is 12.7. The van der Waals surface area contributed by atoms with Gasteiger partial charge in [0.1, 0.15) is 5.83 Å². The van der Waals surface area contributed by atoms with Crippen LogP contribution in [-0.2, 0) is 0 Å². The molecule has 0 saturated heterocycles. The number of rotatable bonds is 1. The molecule has 0 aliphatic heterocycles. The molecule has 0 spiro atoms. The number of hydrogen-bond donors (Lipinski definition) is 0. The van der Waals surface area contributed by atoms with Crippen molar-refractivity contribution >= 4 is 0 Å². The standard InChI is InChI=1S/C12H15F/c13-12-8-6-11(7-9-12)10-4-2-1-3-5-10/h4,6,8H,1-3,5,7,9H2. The van der Waals surface area contributed by atoms with E-state index in [1.807, 2.05) is 6.08 Å². The summed E-state index contributed by atoms with van der Waals surface area (Å²) >= 11 is 0. The molecule has 0 aromatic carbocycles. The fraction of sp³-hybridized carbons (Fsp3) is 0.500. The van der Waals surface area contributed by atoms with E-state index in [1.165, 1.54) is 36.8 Å². The number of halogens is 1. The van der Waals surface area contributed by atoms with Crippen molar-refractivity contribution in [2.75, 3.05) is 0 Å². The lowest BCUT2D eigenvalue weighted by molar-refractivity contribution is 0.580. The lowest BCUT2D eigenvalue weighted by atomic mass is 9.89. The molecular weight excluding hydrogens is 163 g/mol. The van der Waals surface area contributed by atoms with Crippen LogP contribution in [0.5, 0.6) is 0 Å². The predicted molar refractivity (Wildman–Crippen MR) is 53.1 cm³/mol. The second-order valence-corrected chi connectivity index (χ2v) is 3.78. The smallest absolute Gasteiger partial charge is 0.100 e. The van der Waals surface area contributed by atoms with Crippen LogP contribution in [-0.4, -0.2) is 0 Å². The molecule has 2 rings (SSSR count). The van der Waals surface area contributed by atoms with Crippen molar-refractivity contribution < 1.29 is 4.39 Å². The van der Waals surface area contributed by atoms with Crippen LogP contribution in [0.1, 0.15) is 38.5 Å². The van der Waals surface area contributed by atoms with Crippen molar-refractivity contribution in [1.29, 1.82) is 0 Å². The Labute approximate surface area is 78.8 Å². The molecule has 70 valence electrons. The van der Waals surface area contributed by atoms with E-state index in [1.54, 1.807) is 6.08 Å². The lowest BCUT2D eigenvalue weighted by Gasteiger charge is -2.17. The first-order valence-corrected chi connectivity index (χ1v) is 5.11. The lowest BCUT2D eigenvalue weighted by Crippen LogP contribution is -1.98. The Hall–Kier alpha value is -0.850. The highest BCUT2D eigenvalue weighted by molar-refractivity contribution is 5.37. The minimum absolute atomic E-state index is 0.0279. The summed E-state index contributed by atoms with van der Waals surface area (Å²) in [7, 11) is 0. The molecule has 0 nitrogen and oxygen atoms in total. The minimum atomic E-state index is 0.0279. The van der Waals surface area contributed by atoms with Crippen molar-refractivity contribution in [2.24, 2.45) is 0 Å². The first-order chi connectivity index (χ1) is 6.36. The Bertz CT molecular complexity index is 281. The third-order valence-corrected chi connectivity index (χ3v) is 2.80. The molecule has 0 bridgehead atoms. The maximum atomic E-state index is 12.7. The Morgan fingerprint density at radius 1 is 0.923 bits per heavy atom. The summed E-state index contributed by atoms with van der Waals surface area (Å²) in [5.41, 5.74) is 2.83. The molecule has 0 atom stereocenters. The second kappa shape index (κ2) is 3.91. The summed E-state index contributed by atoms with van der Waals surface area (Å²) in [6.45, 7) is 0. The first-order valence-electron chi connectivity index (χ1n) is 5.11.